The first kappa shape index (κ1) is 13.3. The molecule has 0 fully saturated rings. The number of benzene rings is 1. The number of carbonyl (C=O) groups is 1. The van der Waals surface area contributed by atoms with E-state index < -0.39 is 0 Å². The predicted octanol–water partition coefficient (Wildman–Crippen LogP) is 3.23. The molecule has 2 rings (SSSR count). The minimum atomic E-state index is 0.0409. The molecule has 0 amide bonds. The van der Waals surface area contributed by atoms with Crippen LogP contribution in [0.5, 0.6) is 0 Å². The van der Waals surface area contributed by atoms with Crippen LogP contribution in [0.15, 0.2) is 42.6 Å². The second-order valence-electron chi connectivity index (χ2n) is 4.78. The van der Waals surface area contributed by atoms with Gasteiger partial charge in [-0.3, -0.25) is 4.79 Å². The van der Waals surface area contributed by atoms with Crippen molar-refractivity contribution < 1.29 is 4.79 Å². The van der Waals surface area contributed by atoms with Gasteiger partial charge in [-0.05, 0) is 31.5 Å². The minimum Gasteiger partial charge on any atom is -0.355 e. The summed E-state index contributed by atoms with van der Waals surface area (Å²) in [5, 5.41) is 0. The third-order valence-electron chi connectivity index (χ3n) is 3.03. The molecule has 98 valence electrons. The smallest absolute Gasteiger partial charge is 0.163 e. The Labute approximate surface area is 113 Å². The second-order valence-corrected chi connectivity index (χ2v) is 4.78. The highest BCUT2D eigenvalue weighted by Crippen LogP contribution is 2.18. The maximum Gasteiger partial charge on any atom is 0.163 e. The summed E-state index contributed by atoms with van der Waals surface area (Å²) in [5.74, 6) is 0.774. The lowest BCUT2D eigenvalue weighted by atomic mass is 10.1. The monoisotopic (exact) mass is 254 g/mol. The second kappa shape index (κ2) is 5.65. The molecule has 1 aromatic heterocycles. The molecule has 3 nitrogen and oxygen atoms in total. The van der Waals surface area contributed by atoms with Crippen LogP contribution < -0.4 is 4.90 Å². The van der Waals surface area contributed by atoms with Gasteiger partial charge in [-0.25, -0.2) is 4.98 Å². The van der Waals surface area contributed by atoms with Crippen molar-refractivity contribution >= 4 is 11.6 Å². The van der Waals surface area contributed by atoms with Crippen LogP contribution in [0.1, 0.15) is 28.4 Å². The van der Waals surface area contributed by atoms with Gasteiger partial charge in [0.05, 0.1) is 5.56 Å². The molecule has 0 saturated heterocycles. The Balaban J connectivity index is 2.25. The van der Waals surface area contributed by atoms with Crippen molar-refractivity contribution in [3.63, 3.8) is 0 Å². The molecule has 0 radical (unpaired) electrons. The Hall–Kier alpha value is -2.16. The van der Waals surface area contributed by atoms with Crippen LogP contribution in [0, 0.1) is 6.92 Å². The number of hydrogen-bond acceptors (Lipinski definition) is 3. The maximum atomic E-state index is 11.6. The van der Waals surface area contributed by atoms with Crippen LogP contribution in [-0.4, -0.2) is 17.8 Å². The maximum absolute atomic E-state index is 11.6. The molecule has 0 bridgehead atoms. The normalized spacial score (nSPS) is 10.3. The third-order valence-corrected chi connectivity index (χ3v) is 3.03. The molecule has 2 aromatic rings. The minimum absolute atomic E-state index is 0.0409. The van der Waals surface area contributed by atoms with E-state index in [1.54, 1.807) is 19.2 Å². The third kappa shape index (κ3) is 3.19. The highest BCUT2D eigenvalue weighted by Gasteiger charge is 2.12. The molecule has 0 spiro atoms. The lowest BCUT2D eigenvalue weighted by Gasteiger charge is -2.20. The Morgan fingerprint density at radius 3 is 2.74 bits per heavy atom. The number of ketones is 1. The predicted molar refractivity (Wildman–Crippen MR) is 77.5 cm³/mol. The number of pyridine rings is 1. The van der Waals surface area contributed by atoms with Gasteiger partial charge in [-0.1, -0.05) is 29.8 Å². The molecule has 19 heavy (non-hydrogen) atoms. The summed E-state index contributed by atoms with van der Waals surface area (Å²) in [6.07, 6.45) is 1.72. The quantitative estimate of drug-likeness (QED) is 0.785. The van der Waals surface area contributed by atoms with Crippen LogP contribution in [-0.2, 0) is 6.54 Å². The first-order chi connectivity index (χ1) is 9.08. The van der Waals surface area contributed by atoms with E-state index in [1.165, 1.54) is 11.1 Å². The van der Waals surface area contributed by atoms with Gasteiger partial charge in [0.2, 0.25) is 0 Å². The number of hydrogen-bond donors (Lipinski definition) is 0. The van der Waals surface area contributed by atoms with E-state index in [1.807, 2.05) is 24.1 Å². The van der Waals surface area contributed by atoms with Gasteiger partial charge in [-0.15, -0.1) is 0 Å². The molecule has 0 aliphatic carbocycles. The fourth-order valence-corrected chi connectivity index (χ4v) is 2.14. The first-order valence-corrected chi connectivity index (χ1v) is 6.30. The average Bonchev–Trinajstić information content (AvgIpc) is 2.38. The Kier molecular flexibility index (Phi) is 3.95. The van der Waals surface area contributed by atoms with Crippen molar-refractivity contribution in [3.05, 3.63) is 59.3 Å². The largest absolute Gasteiger partial charge is 0.355 e. The summed E-state index contributed by atoms with van der Waals surface area (Å²) in [4.78, 5) is 17.9. The number of aromatic nitrogens is 1. The molecule has 0 unspecified atom stereocenters. The van der Waals surface area contributed by atoms with Gasteiger partial charge in [0.15, 0.2) is 5.78 Å². The summed E-state index contributed by atoms with van der Waals surface area (Å²) in [7, 11) is 1.96. The van der Waals surface area contributed by atoms with Crippen LogP contribution in [0.3, 0.4) is 0 Å². The van der Waals surface area contributed by atoms with E-state index in [2.05, 4.69) is 30.1 Å². The van der Waals surface area contributed by atoms with Crippen molar-refractivity contribution in [1.82, 2.24) is 4.98 Å². The van der Waals surface area contributed by atoms with E-state index in [0.29, 0.717) is 5.56 Å². The zero-order valence-electron chi connectivity index (χ0n) is 11.6. The molecule has 0 aliphatic heterocycles. The van der Waals surface area contributed by atoms with Crippen molar-refractivity contribution in [2.24, 2.45) is 0 Å². The zero-order chi connectivity index (χ0) is 13.8. The van der Waals surface area contributed by atoms with Crippen LogP contribution in [0.4, 0.5) is 5.82 Å². The van der Waals surface area contributed by atoms with E-state index in [4.69, 9.17) is 0 Å². The highest BCUT2D eigenvalue weighted by molar-refractivity contribution is 5.98. The van der Waals surface area contributed by atoms with Crippen molar-refractivity contribution in [2.75, 3.05) is 11.9 Å². The average molecular weight is 254 g/mol. The molecule has 0 atom stereocenters. The van der Waals surface area contributed by atoms with E-state index >= 15 is 0 Å². The number of aryl methyl sites for hydroxylation is 1. The van der Waals surface area contributed by atoms with Gasteiger partial charge < -0.3 is 4.90 Å². The summed E-state index contributed by atoms with van der Waals surface area (Å²) in [6, 6.07) is 12.0. The first-order valence-electron chi connectivity index (χ1n) is 6.30. The van der Waals surface area contributed by atoms with E-state index in [9.17, 15) is 4.79 Å². The lowest BCUT2D eigenvalue weighted by molar-refractivity contribution is 0.101. The number of Topliss-reactive ketones (excluding diaryl/α,β-unsaturated/α-hetero) is 1. The number of anilines is 1. The molecule has 1 aromatic carbocycles. The van der Waals surface area contributed by atoms with Crippen molar-refractivity contribution in [1.29, 1.82) is 0 Å². The summed E-state index contributed by atoms with van der Waals surface area (Å²) in [6.45, 7) is 4.38. The SMILES string of the molecule is CC(=O)c1cccnc1N(C)Cc1cccc(C)c1. The molecule has 0 aliphatic rings. The summed E-state index contributed by atoms with van der Waals surface area (Å²) >= 11 is 0. The van der Waals surface area contributed by atoms with Gasteiger partial charge >= 0.3 is 0 Å². The molecule has 3 heteroatoms. The van der Waals surface area contributed by atoms with Crippen LogP contribution in [0.2, 0.25) is 0 Å². The molecular weight excluding hydrogens is 236 g/mol. The number of carbonyl (C=O) groups excluding carboxylic acids is 1. The molecule has 0 saturated carbocycles. The highest BCUT2D eigenvalue weighted by atomic mass is 16.1. The van der Waals surface area contributed by atoms with E-state index in [0.717, 1.165) is 12.4 Å². The van der Waals surface area contributed by atoms with Gasteiger partial charge in [0.25, 0.3) is 0 Å². The van der Waals surface area contributed by atoms with E-state index in [-0.39, 0.29) is 5.78 Å². The topological polar surface area (TPSA) is 33.2 Å². The number of rotatable bonds is 4. The fraction of sp³-hybridized carbons (Fsp3) is 0.250. The standard InChI is InChI=1S/C16H18N2O/c1-12-6-4-7-14(10-12)11-18(3)16-15(13(2)19)8-5-9-17-16/h4-10H,11H2,1-3H3. The van der Waals surface area contributed by atoms with Gasteiger partial charge in [0, 0.05) is 19.8 Å². The fourth-order valence-electron chi connectivity index (χ4n) is 2.14. The van der Waals surface area contributed by atoms with Crippen molar-refractivity contribution in [2.45, 2.75) is 20.4 Å². The zero-order valence-corrected chi connectivity index (χ0v) is 11.6. The number of nitrogens with zero attached hydrogens (tertiary/aromatic N) is 2. The van der Waals surface area contributed by atoms with Crippen molar-refractivity contribution in [3.8, 4) is 0 Å². The van der Waals surface area contributed by atoms with Crippen LogP contribution >= 0.6 is 0 Å². The Morgan fingerprint density at radius 2 is 2.05 bits per heavy atom. The Morgan fingerprint density at radius 1 is 1.26 bits per heavy atom. The molecule has 1 heterocycles. The van der Waals surface area contributed by atoms with Gasteiger partial charge in [-0.2, -0.15) is 0 Å². The summed E-state index contributed by atoms with van der Waals surface area (Å²) < 4.78 is 0. The Bertz CT molecular complexity index is 593. The van der Waals surface area contributed by atoms with Gasteiger partial charge in [0.1, 0.15) is 5.82 Å². The molecule has 0 N–H and O–H groups in total. The van der Waals surface area contributed by atoms with Crippen LogP contribution in [0.25, 0.3) is 0 Å². The summed E-state index contributed by atoms with van der Waals surface area (Å²) in [5.41, 5.74) is 3.11. The lowest BCUT2D eigenvalue weighted by Crippen LogP contribution is -2.20. The molecular formula is C16H18N2O.